The normalized spacial score (nSPS) is 14.0. The molecule has 0 aromatic carbocycles. The molecule has 1 aliphatic carbocycles. The number of nitrogens with zero attached hydrogens (tertiary/aromatic N) is 3. The second-order valence-electron chi connectivity index (χ2n) is 5.30. The molecule has 2 aromatic heterocycles. The van der Waals surface area contributed by atoms with Gasteiger partial charge in [-0.2, -0.15) is 0 Å². The minimum atomic E-state index is 0.519. The van der Waals surface area contributed by atoms with Crippen LogP contribution in [-0.4, -0.2) is 28.6 Å². The number of rotatable bonds is 5. The zero-order valence-corrected chi connectivity index (χ0v) is 12.7. The van der Waals surface area contributed by atoms with E-state index in [-0.39, 0.29) is 0 Å². The van der Waals surface area contributed by atoms with Crippen LogP contribution in [0.15, 0.2) is 18.3 Å². The first-order valence-corrected chi connectivity index (χ1v) is 7.35. The highest BCUT2D eigenvalue weighted by Crippen LogP contribution is 2.40. The molecule has 0 radical (unpaired) electrons. The zero-order chi connectivity index (χ0) is 14.8. The van der Waals surface area contributed by atoms with Gasteiger partial charge in [-0.1, -0.05) is 0 Å². The van der Waals surface area contributed by atoms with Gasteiger partial charge in [0.15, 0.2) is 0 Å². The predicted molar refractivity (Wildman–Crippen MR) is 82.7 cm³/mol. The molecular weight excluding hydrogens is 264 g/mol. The Morgan fingerprint density at radius 1 is 1.33 bits per heavy atom. The van der Waals surface area contributed by atoms with Gasteiger partial charge in [-0.3, -0.25) is 0 Å². The number of hydrogen-bond acceptors (Lipinski definition) is 5. The van der Waals surface area contributed by atoms with Crippen molar-refractivity contribution in [3.8, 4) is 17.1 Å². The van der Waals surface area contributed by atoms with Crippen molar-refractivity contribution < 1.29 is 4.74 Å². The fourth-order valence-corrected chi connectivity index (χ4v) is 2.35. The van der Waals surface area contributed by atoms with E-state index in [4.69, 9.17) is 9.72 Å². The zero-order valence-electron chi connectivity index (χ0n) is 12.7. The molecule has 1 aliphatic rings. The van der Waals surface area contributed by atoms with Crippen molar-refractivity contribution in [3.63, 3.8) is 0 Å². The summed E-state index contributed by atoms with van der Waals surface area (Å²) in [7, 11) is 1.62. The summed E-state index contributed by atoms with van der Waals surface area (Å²) in [6, 6.07) is 3.88. The minimum Gasteiger partial charge on any atom is -0.481 e. The van der Waals surface area contributed by atoms with Crippen molar-refractivity contribution >= 4 is 5.82 Å². The van der Waals surface area contributed by atoms with Crippen LogP contribution in [0.4, 0.5) is 5.82 Å². The highest BCUT2D eigenvalue weighted by Gasteiger charge is 2.28. The highest BCUT2D eigenvalue weighted by atomic mass is 16.5. The number of ether oxygens (including phenoxy) is 1. The topological polar surface area (TPSA) is 59.9 Å². The standard InChI is InChI=1S/C16H20N4O/c1-4-17-15-10(2)14(19-16(20-15)11-5-6-11)12-7-8-18-13(9-12)21-3/h7-9,11H,4-6H2,1-3H3,(H,17,19,20). The molecule has 1 saturated carbocycles. The fraction of sp³-hybridized carbons (Fsp3) is 0.438. The maximum Gasteiger partial charge on any atom is 0.213 e. The molecule has 0 spiro atoms. The lowest BCUT2D eigenvalue weighted by Gasteiger charge is -2.13. The van der Waals surface area contributed by atoms with E-state index in [1.54, 1.807) is 13.3 Å². The lowest BCUT2D eigenvalue weighted by atomic mass is 10.1. The molecule has 21 heavy (non-hydrogen) atoms. The monoisotopic (exact) mass is 284 g/mol. The Kier molecular flexibility index (Phi) is 3.73. The Bertz CT molecular complexity index is 653. The molecule has 0 amide bonds. The highest BCUT2D eigenvalue weighted by molar-refractivity contribution is 5.68. The van der Waals surface area contributed by atoms with Gasteiger partial charge in [0.05, 0.1) is 12.8 Å². The molecule has 110 valence electrons. The molecular formula is C16H20N4O. The van der Waals surface area contributed by atoms with E-state index < -0.39 is 0 Å². The van der Waals surface area contributed by atoms with Crippen molar-refractivity contribution in [2.24, 2.45) is 0 Å². The van der Waals surface area contributed by atoms with Crippen LogP contribution < -0.4 is 10.1 Å². The van der Waals surface area contributed by atoms with Crippen LogP contribution in [0, 0.1) is 6.92 Å². The Morgan fingerprint density at radius 2 is 2.14 bits per heavy atom. The number of pyridine rings is 1. The van der Waals surface area contributed by atoms with Gasteiger partial charge >= 0.3 is 0 Å². The maximum atomic E-state index is 5.21. The molecule has 0 unspecified atom stereocenters. The minimum absolute atomic E-state index is 0.519. The maximum absolute atomic E-state index is 5.21. The predicted octanol–water partition coefficient (Wildman–Crippen LogP) is 3.16. The van der Waals surface area contributed by atoms with Crippen LogP contribution in [0.1, 0.15) is 37.1 Å². The number of hydrogen-bond donors (Lipinski definition) is 1. The van der Waals surface area contributed by atoms with Gasteiger partial charge in [-0.05, 0) is 32.8 Å². The molecule has 1 N–H and O–H groups in total. The van der Waals surface area contributed by atoms with E-state index in [1.165, 1.54) is 12.8 Å². The lowest BCUT2D eigenvalue weighted by molar-refractivity contribution is 0.398. The van der Waals surface area contributed by atoms with Crippen molar-refractivity contribution in [1.29, 1.82) is 0 Å². The first-order chi connectivity index (χ1) is 10.2. The fourth-order valence-electron chi connectivity index (χ4n) is 2.35. The van der Waals surface area contributed by atoms with Crippen molar-refractivity contribution in [3.05, 3.63) is 29.7 Å². The number of nitrogens with one attached hydrogen (secondary N) is 1. The van der Waals surface area contributed by atoms with E-state index in [1.807, 2.05) is 12.1 Å². The number of methoxy groups -OCH3 is 1. The van der Waals surface area contributed by atoms with Crippen LogP contribution in [-0.2, 0) is 0 Å². The molecule has 0 atom stereocenters. The van der Waals surface area contributed by atoms with Gasteiger partial charge in [-0.25, -0.2) is 15.0 Å². The van der Waals surface area contributed by atoms with Crippen LogP contribution in [0.2, 0.25) is 0 Å². The average molecular weight is 284 g/mol. The SMILES string of the molecule is CCNc1nc(C2CC2)nc(-c2ccnc(OC)c2)c1C. The second kappa shape index (κ2) is 5.68. The van der Waals surface area contributed by atoms with Crippen LogP contribution in [0.3, 0.4) is 0 Å². The third kappa shape index (κ3) is 2.82. The van der Waals surface area contributed by atoms with Crippen LogP contribution in [0.5, 0.6) is 5.88 Å². The summed E-state index contributed by atoms with van der Waals surface area (Å²) in [5.74, 6) is 3.00. The molecule has 5 heteroatoms. The van der Waals surface area contributed by atoms with Gasteiger partial charge in [0.25, 0.3) is 0 Å². The molecule has 3 rings (SSSR count). The smallest absolute Gasteiger partial charge is 0.213 e. The Balaban J connectivity index is 2.10. The molecule has 5 nitrogen and oxygen atoms in total. The van der Waals surface area contributed by atoms with E-state index in [0.29, 0.717) is 11.8 Å². The summed E-state index contributed by atoms with van der Waals surface area (Å²) < 4.78 is 5.21. The molecule has 0 bridgehead atoms. The van der Waals surface area contributed by atoms with Gasteiger partial charge < -0.3 is 10.1 Å². The van der Waals surface area contributed by atoms with E-state index in [0.717, 1.165) is 35.0 Å². The molecule has 2 aromatic rings. The Labute approximate surface area is 124 Å². The van der Waals surface area contributed by atoms with E-state index in [9.17, 15) is 0 Å². The average Bonchev–Trinajstić information content (AvgIpc) is 3.34. The number of anilines is 1. The summed E-state index contributed by atoms with van der Waals surface area (Å²) >= 11 is 0. The first-order valence-electron chi connectivity index (χ1n) is 7.35. The Morgan fingerprint density at radius 3 is 2.81 bits per heavy atom. The molecule has 1 fully saturated rings. The summed E-state index contributed by atoms with van der Waals surface area (Å²) in [4.78, 5) is 13.6. The van der Waals surface area contributed by atoms with Gasteiger partial charge in [0, 0.05) is 35.9 Å². The van der Waals surface area contributed by atoms with E-state index >= 15 is 0 Å². The van der Waals surface area contributed by atoms with Crippen molar-refractivity contribution in [2.75, 3.05) is 19.0 Å². The van der Waals surface area contributed by atoms with Crippen molar-refractivity contribution in [1.82, 2.24) is 15.0 Å². The Hall–Kier alpha value is -2.17. The molecule has 0 aliphatic heterocycles. The molecule has 2 heterocycles. The molecule has 0 saturated heterocycles. The first kappa shape index (κ1) is 13.8. The third-order valence-electron chi connectivity index (χ3n) is 3.67. The third-order valence-corrected chi connectivity index (χ3v) is 3.67. The summed E-state index contributed by atoms with van der Waals surface area (Å²) in [6.45, 7) is 4.98. The number of aromatic nitrogens is 3. The largest absolute Gasteiger partial charge is 0.481 e. The van der Waals surface area contributed by atoms with Gasteiger partial charge in [0.1, 0.15) is 11.6 Å². The van der Waals surface area contributed by atoms with Crippen LogP contribution in [0.25, 0.3) is 11.3 Å². The second-order valence-corrected chi connectivity index (χ2v) is 5.30. The summed E-state index contributed by atoms with van der Waals surface area (Å²) in [5, 5.41) is 3.34. The van der Waals surface area contributed by atoms with Crippen LogP contribution >= 0.6 is 0 Å². The lowest BCUT2D eigenvalue weighted by Crippen LogP contribution is -2.07. The van der Waals surface area contributed by atoms with Gasteiger partial charge in [-0.15, -0.1) is 0 Å². The van der Waals surface area contributed by atoms with Gasteiger partial charge in [0.2, 0.25) is 5.88 Å². The summed E-state index contributed by atoms with van der Waals surface area (Å²) in [6.07, 6.45) is 4.13. The van der Waals surface area contributed by atoms with E-state index in [2.05, 4.69) is 29.1 Å². The quantitative estimate of drug-likeness (QED) is 0.914. The summed E-state index contributed by atoms with van der Waals surface area (Å²) in [5.41, 5.74) is 3.04. The van der Waals surface area contributed by atoms with Crippen molar-refractivity contribution in [2.45, 2.75) is 32.6 Å².